The quantitative estimate of drug-likeness (QED) is 0.759. The molecule has 0 fully saturated rings. The summed E-state index contributed by atoms with van der Waals surface area (Å²) < 4.78 is 6.80. The lowest BCUT2D eigenvalue weighted by Gasteiger charge is -2.06. The molecule has 6 heteroatoms. The minimum atomic E-state index is -0.205. The molecular formula is C19H18ClN3O2. The molecule has 25 heavy (non-hydrogen) atoms. The Hall–Kier alpha value is -2.79. The molecule has 2 aromatic carbocycles. The lowest BCUT2D eigenvalue weighted by atomic mass is 10.1. The number of aryl methyl sites for hydroxylation is 1. The van der Waals surface area contributed by atoms with E-state index in [2.05, 4.69) is 10.4 Å². The van der Waals surface area contributed by atoms with Gasteiger partial charge in [-0.05, 0) is 29.8 Å². The number of halogens is 1. The minimum absolute atomic E-state index is 0.205. The number of rotatable bonds is 5. The molecule has 0 unspecified atom stereocenters. The molecule has 1 N–H and O–H groups in total. The number of amides is 1. The van der Waals surface area contributed by atoms with Crippen LogP contribution in [0, 0.1) is 0 Å². The van der Waals surface area contributed by atoms with Gasteiger partial charge in [-0.2, -0.15) is 5.10 Å². The second kappa shape index (κ2) is 7.40. The number of hydrogen-bond donors (Lipinski definition) is 1. The van der Waals surface area contributed by atoms with Gasteiger partial charge in [0, 0.05) is 24.2 Å². The first kappa shape index (κ1) is 17.0. The standard InChI is InChI=1S/C19H18ClN3O2/c1-23-18(19(24)21-12-14-6-3-4-9-16(14)20)11-17(22-23)13-7-5-8-15(10-13)25-2/h3-11H,12H2,1-2H3,(H,21,24). The molecule has 0 aliphatic rings. The summed E-state index contributed by atoms with van der Waals surface area (Å²) in [6, 6.07) is 16.7. The zero-order chi connectivity index (χ0) is 17.8. The number of nitrogens with zero attached hydrogens (tertiary/aromatic N) is 2. The van der Waals surface area contributed by atoms with E-state index in [1.807, 2.05) is 42.5 Å². The lowest BCUT2D eigenvalue weighted by molar-refractivity contribution is 0.0941. The number of hydrogen-bond acceptors (Lipinski definition) is 3. The van der Waals surface area contributed by atoms with Crippen LogP contribution in [0.1, 0.15) is 16.1 Å². The van der Waals surface area contributed by atoms with Crippen LogP contribution in [0.15, 0.2) is 54.6 Å². The van der Waals surface area contributed by atoms with Gasteiger partial charge in [0.25, 0.3) is 5.91 Å². The Bertz CT molecular complexity index is 905. The van der Waals surface area contributed by atoms with Crippen LogP contribution < -0.4 is 10.1 Å². The van der Waals surface area contributed by atoms with Crippen molar-refractivity contribution in [3.8, 4) is 17.0 Å². The van der Waals surface area contributed by atoms with Crippen LogP contribution in [0.25, 0.3) is 11.3 Å². The maximum Gasteiger partial charge on any atom is 0.269 e. The molecule has 0 bridgehead atoms. The second-order valence-electron chi connectivity index (χ2n) is 5.54. The van der Waals surface area contributed by atoms with Gasteiger partial charge >= 0.3 is 0 Å². The fourth-order valence-electron chi connectivity index (χ4n) is 2.51. The highest BCUT2D eigenvalue weighted by atomic mass is 35.5. The number of nitrogens with one attached hydrogen (secondary N) is 1. The highest BCUT2D eigenvalue weighted by Gasteiger charge is 2.15. The van der Waals surface area contributed by atoms with Gasteiger partial charge in [-0.15, -0.1) is 0 Å². The minimum Gasteiger partial charge on any atom is -0.497 e. The Balaban J connectivity index is 1.77. The molecule has 0 atom stereocenters. The van der Waals surface area contributed by atoms with E-state index in [4.69, 9.17) is 16.3 Å². The van der Waals surface area contributed by atoms with Crippen molar-refractivity contribution in [3.63, 3.8) is 0 Å². The Morgan fingerprint density at radius 1 is 1.20 bits per heavy atom. The molecule has 128 valence electrons. The van der Waals surface area contributed by atoms with E-state index in [1.54, 1.807) is 31.0 Å². The van der Waals surface area contributed by atoms with Gasteiger partial charge in [0.15, 0.2) is 0 Å². The summed E-state index contributed by atoms with van der Waals surface area (Å²) in [5.41, 5.74) is 2.95. The Kier molecular flexibility index (Phi) is 5.05. The van der Waals surface area contributed by atoms with Crippen LogP contribution in [0.5, 0.6) is 5.75 Å². The normalized spacial score (nSPS) is 10.5. The van der Waals surface area contributed by atoms with Crippen molar-refractivity contribution in [3.05, 3.63) is 70.9 Å². The second-order valence-corrected chi connectivity index (χ2v) is 5.95. The van der Waals surface area contributed by atoms with Crippen LogP contribution in [-0.4, -0.2) is 22.8 Å². The predicted octanol–water partition coefficient (Wildman–Crippen LogP) is 3.68. The maximum atomic E-state index is 12.5. The molecule has 0 spiro atoms. The highest BCUT2D eigenvalue weighted by molar-refractivity contribution is 6.31. The zero-order valence-corrected chi connectivity index (χ0v) is 14.7. The summed E-state index contributed by atoms with van der Waals surface area (Å²) in [6.45, 7) is 0.359. The van der Waals surface area contributed by atoms with Gasteiger partial charge in [-0.1, -0.05) is 41.9 Å². The van der Waals surface area contributed by atoms with Crippen molar-refractivity contribution < 1.29 is 9.53 Å². The summed E-state index contributed by atoms with van der Waals surface area (Å²) in [5.74, 6) is 0.539. The van der Waals surface area contributed by atoms with Crippen LogP contribution >= 0.6 is 11.6 Å². The Labute approximate surface area is 151 Å². The largest absolute Gasteiger partial charge is 0.497 e. The molecule has 3 aromatic rings. The van der Waals surface area contributed by atoms with Gasteiger partial charge in [-0.3, -0.25) is 9.48 Å². The van der Waals surface area contributed by atoms with Gasteiger partial charge < -0.3 is 10.1 Å². The molecule has 3 rings (SSSR count). The molecule has 0 radical (unpaired) electrons. The molecule has 0 aliphatic carbocycles. The number of benzene rings is 2. The first-order chi connectivity index (χ1) is 12.1. The summed E-state index contributed by atoms with van der Waals surface area (Å²) >= 11 is 6.12. The maximum absolute atomic E-state index is 12.5. The number of methoxy groups -OCH3 is 1. The molecule has 1 amide bonds. The van der Waals surface area contributed by atoms with Gasteiger partial charge in [0.2, 0.25) is 0 Å². The van der Waals surface area contributed by atoms with Gasteiger partial charge in [-0.25, -0.2) is 0 Å². The first-order valence-electron chi connectivity index (χ1n) is 7.78. The van der Waals surface area contributed by atoms with Crippen LogP contribution in [0.4, 0.5) is 0 Å². The predicted molar refractivity (Wildman–Crippen MR) is 97.8 cm³/mol. The van der Waals surface area contributed by atoms with Crippen LogP contribution in [0.3, 0.4) is 0 Å². The van der Waals surface area contributed by atoms with E-state index in [-0.39, 0.29) is 5.91 Å². The highest BCUT2D eigenvalue weighted by Crippen LogP contribution is 2.23. The molecule has 1 heterocycles. The average molecular weight is 356 g/mol. The van der Waals surface area contributed by atoms with Crippen LogP contribution in [-0.2, 0) is 13.6 Å². The summed E-state index contributed by atoms with van der Waals surface area (Å²) in [7, 11) is 3.36. The van der Waals surface area contributed by atoms with E-state index in [0.29, 0.717) is 23.0 Å². The molecule has 0 aliphatic heterocycles. The Morgan fingerprint density at radius 3 is 2.76 bits per heavy atom. The molecule has 1 aromatic heterocycles. The number of ether oxygens (including phenoxy) is 1. The Morgan fingerprint density at radius 2 is 2.00 bits per heavy atom. The fraction of sp³-hybridized carbons (Fsp3) is 0.158. The number of aromatic nitrogens is 2. The van der Waals surface area contributed by atoms with E-state index in [0.717, 1.165) is 16.9 Å². The van der Waals surface area contributed by atoms with E-state index >= 15 is 0 Å². The SMILES string of the molecule is COc1cccc(-c2cc(C(=O)NCc3ccccc3Cl)n(C)n2)c1. The molecule has 5 nitrogen and oxygen atoms in total. The van der Waals surface area contributed by atoms with Crippen molar-refractivity contribution in [1.82, 2.24) is 15.1 Å². The van der Waals surface area contributed by atoms with Crippen molar-refractivity contribution in [2.45, 2.75) is 6.54 Å². The summed E-state index contributed by atoms with van der Waals surface area (Å²) in [5, 5.41) is 7.93. The van der Waals surface area contributed by atoms with Crippen molar-refractivity contribution >= 4 is 17.5 Å². The van der Waals surface area contributed by atoms with Crippen molar-refractivity contribution in [1.29, 1.82) is 0 Å². The van der Waals surface area contributed by atoms with Crippen LogP contribution in [0.2, 0.25) is 5.02 Å². The number of carbonyl (C=O) groups is 1. The molecular weight excluding hydrogens is 338 g/mol. The first-order valence-corrected chi connectivity index (χ1v) is 8.16. The third kappa shape index (κ3) is 3.83. The summed E-state index contributed by atoms with van der Waals surface area (Å²) in [6.07, 6.45) is 0. The third-order valence-corrected chi connectivity index (χ3v) is 4.24. The average Bonchev–Trinajstić information content (AvgIpc) is 3.03. The topological polar surface area (TPSA) is 56.1 Å². The fourth-order valence-corrected chi connectivity index (χ4v) is 2.71. The van der Waals surface area contributed by atoms with E-state index in [9.17, 15) is 4.79 Å². The zero-order valence-electron chi connectivity index (χ0n) is 14.0. The lowest BCUT2D eigenvalue weighted by Crippen LogP contribution is -2.25. The molecule has 0 saturated heterocycles. The van der Waals surface area contributed by atoms with Gasteiger partial charge in [0.1, 0.15) is 11.4 Å². The number of carbonyl (C=O) groups excluding carboxylic acids is 1. The summed E-state index contributed by atoms with van der Waals surface area (Å²) in [4.78, 5) is 12.5. The van der Waals surface area contributed by atoms with Crippen molar-refractivity contribution in [2.75, 3.05) is 7.11 Å². The van der Waals surface area contributed by atoms with E-state index < -0.39 is 0 Å². The third-order valence-electron chi connectivity index (χ3n) is 3.88. The molecule has 0 saturated carbocycles. The monoisotopic (exact) mass is 355 g/mol. The van der Waals surface area contributed by atoms with E-state index in [1.165, 1.54) is 0 Å². The van der Waals surface area contributed by atoms with Gasteiger partial charge in [0.05, 0.1) is 12.8 Å². The smallest absolute Gasteiger partial charge is 0.269 e. The van der Waals surface area contributed by atoms with Crippen molar-refractivity contribution in [2.24, 2.45) is 7.05 Å².